The standard InChI is InChI=1S/C13H13BrN4OS2/c14-9-3-1-4-10(7-9)16-13(21)18-17-12(20)15-8-11-5-2-6-19-11/h1-7H,8H2,(H2,15,17,20)(H2,16,18,21). The number of rotatable bonds is 3. The first-order valence-electron chi connectivity index (χ1n) is 6.02. The van der Waals surface area contributed by atoms with Crippen molar-refractivity contribution in [1.29, 1.82) is 0 Å². The smallest absolute Gasteiger partial charge is 0.189 e. The average Bonchev–Trinajstić information content (AvgIpc) is 2.96. The molecule has 1 aromatic carbocycles. The van der Waals surface area contributed by atoms with Gasteiger partial charge in [0.25, 0.3) is 0 Å². The highest BCUT2D eigenvalue weighted by atomic mass is 79.9. The second kappa shape index (κ2) is 7.96. The van der Waals surface area contributed by atoms with Gasteiger partial charge in [0.2, 0.25) is 0 Å². The molecule has 4 N–H and O–H groups in total. The molecule has 0 aliphatic carbocycles. The summed E-state index contributed by atoms with van der Waals surface area (Å²) >= 11 is 13.7. The fourth-order valence-corrected chi connectivity index (χ4v) is 2.16. The predicted octanol–water partition coefficient (Wildman–Crippen LogP) is 2.91. The van der Waals surface area contributed by atoms with Crippen molar-refractivity contribution < 1.29 is 4.42 Å². The topological polar surface area (TPSA) is 61.3 Å². The molecule has 1 heterocycles. The van der Waals surface area contributed by atoms with Gasteiger partial charge in [0, 0.05) is 10.2 Å². The molecule has 1 aromatic heterocycles. The monoisotopic (exact) mass is 384 g/mol. The fraction of sp³-hybridized carbons (Fsp3) is 0.0769. The third kappa shape index (κ3) is 5.70. The van der Waals surface area contributed by atoms with Gasteiger partial charge in [-0.05, 0) is 54.8 Å². The molecule has 0 amide bonds. The second-order valence-electron chi connectivity index (χ2n) is 3.98. The lowest BCUT2D eigenvalue weighted by Gasteiger charge is -2.13. The van der Waals surface area contributed by atoms with E-state index in [9.17, 15) is 0 Å². The van der Waals surface area contributed by atoms with Gasteiger partial charge >= 0.3 is 0 Å². The Labute approximate surface area is 141 Å². The normalized spacial score (nSPS) is 9.76. The van der Waals surface area contributed by atoms with E-state index in [1.807, 2.05) is 36.4 Å². The van der Waals surface area contributed by atoms with Crippen molar-refractivity contribution in [2.45, 2.75) is 6.54 Å². The first kappa shape index (κ1) is 15.7. The van der Waals surface area contributed by atoms with Gasteiger partial charge in [0.15, 0.2) is 10.2 Å². The summed E-state index contributed by atoms with van der Waals surface area (Å²) in [5, 5.41) is 6.85. The molecule has 0 atom stereocenters. The van der Waals surface area contributed by atoms with Gasteiger partial charge in [-0.15, -0.1) is 0 Å². The van der Waals surface area contributed by atoms with Crippen LogP contribution in [0.4, 0.5) is 5.69 Å². The molecule has 0 saturated heterocycles. The van der Waals surface area contributed by atoms with Gasteiger partial charge in [-0.1, -0.05) is 22.0 Å². The van der Waals surface area contributed by atoms with Crippen molar-refractivity contribution in [3.8, 4) is 0 Å². The van der Waals surface area contributed by atoms with Crippen LogP contribution >= 0.6 is 40.4 Å². The van der Waals surface area contributed by atoms with Gasteiger partial charge in [-0.3, -0.25) is 10.9 Å². The predicted molar refractivity (Wildman–Crippen MR) is 94.8 cm³/mol. The zero-order valence-corrected chi connectivity index (χ0v) is 14.1. The van der Waals surface area contributed by atoms with Gasteiger partial charge in [-0.25, -0.2) is 0 Å². The maximum atomic E-state index is 5.19. The van der Waals surface area contributed by atoms with Crippen LogP contribution in [-0.2, 0) is 6.54 Å². The molecule has 0 aliphatic rings. The van der Waals surface area contributed by atoms with Crippen LogP contribution in [0.5, 0.6) is 0 Å². The zero-order chi connectivity index (χ0) is 15.1. The Hall–Kier alpha value is -1.64. The Kier molecular flexibility index (Phi) is 5.97. The molecule has 0 radical (unpaired) electrons. The third-order valence-corrected chi connectivity index (χ3v) is 3.32. The van der Waals surface area contributed by atoms with Gasteiger partial charge in [0.1, 0.15) is 5.76 Å². The second-order valence-corrected chi connectivity index (χ2v) is 5.71. The molecule has 0 aliphatic heterocycles. The van der Waals surface area contributed by atoms with Gasteiger partial charge in [-0.2, -0.15) is 0 Å². The Morgan fingerprint density at radius 3 is 2.62 bits per heavy atom. The number of hydrogen-bond acceptors (Lipinski definition) is 3. The first-order chi connectivity index (χ1) is 10.1. The molecule has 8 heteroatoms. The van der Waals surface area contributed by atoms with E-state index in [-0.39, 0.29) is 0 Å². The molecule has 21 heavy (non-hydrogen) atoms. The van der Waals surface area contributed by atoms with Gasteiger partial charge in [0.05, 0.1) is 12.8 Å². The Morgan fingerprint density at radius 1 is 1.10 bits per heavy atom. The number of hydrazine groups is 1. The van der Waals surface area contributed by atoms with Crippen LogP contribution in [0.25, 0.3) is 0 Å². The minimum Gasteiger partial charge on any atom is -0.467 e. The number of hydrogen-bond donors (Lipinski definition) is 4. The highest BCUT2D eigenvalue weighted by molar-refractivity contribution is 9.10. The number of thiocarbonyl (C=S) groups is 2. The largest absolute Gasteiger partial charge is 0.467 e. The first-order valence-corrected chi connectivity index (χ1v) is 7.63. The van der Waals surface area contributed by atoms with E-state index >= 15 is 0 Å². The number of anilines is 1. The minimum atomic E-state index is 0.412. The summed E-state index contributed by atoms with van der Waals surface area (Å²) in [4.78, 5) is 0. The van der Waals surface area contributed by atoms with Crippen LogP contribution in [0, 0.1) is 0 Å². The van der Waals surface area contributed by atoms with E-state index < -0.39 is 0 Å². The van der Waals surface area contributed by atoms with Crippen LogP contribution in [0.15, 0.2) is 51.6 Å². The molecule has 0 spiro atoms. The van der Waals surface area contributed by atoms with Crippen molar-refractivity contribution in [1.82, 2.24) is 16.2 Å². The Balaban J connectivity index is 1.69. The maximum absolute atomic E-state index is 5.19. The van der Waals surface area contributed by atoms with Crippen LogP contribution < -0.4 is 21.5 Å². The SMILES string of the molecule is S=C(NCc1ccco1)NNC(=S)Nc1cccc(Br)c1. The summed E-state index contributed by atoms with van der Waals surface area (Å²) in [6.07, 6.45) is 1.61. The maximum Gasteiger partial charge on any atom is 0.189 e. The van der Waals surface area contributed by atoms with Crippen molar-refractivity contribution in [3.05, 3.63) is 52.9 Å². The summed E-state index contributed by atoms with van der Waals surface area (Å²) in [6, 6.07) is 11.4. The van der Waals surface area contributed by atoms with Crippen LogP contribution in [0.2, 0.25) is 0 Å². The highest BCUT2D eigenvalue weighted by Gasteiger charge is 2.00. The molecule has 2 aromatic rings. The van der Waals surface area contributed by atoms with Crippen LogP contribution in [0.1, 0.15) is 5.76 Å². The van der Waals surface area contributed by atoms with E-state index in [0.29, 0.717) is 16.8 Å². The Morgan fingerprint density at radius 2 is 1.90 bits per heavy atom. The van der Waals surface area contributed by atoms with E-state index in [1.54, 1.807) is 6.26 Å². The number of halogens is 1. The average molecular weight is 385 g/mol. The molecule has 0 bridgehead atoms. The highest BCUT2D eigenvalue weighted by Crippen LogP contribution is 2.15. The summed E-state index contributed by atoms with van der Waals surface area (Å²) < 4.78 is 6.16. The molecule has 110 valence electrons. The van der Waals surface area contributed by atoms with Crippen molar-refractivity contribution >= 4 is 56.3 Å². The zero-order valence-electron chi connectivity index (χ0n) is 10.9. The summed E-state index contributed by atoms with van der Waals surface area (Å²) in [5.74, 6) is 0.800. The minimum absolute atomic E-state index is 0.412. The number of nitrogens with one attached hydrogen (secondary N) is 4. The lowest BCUT2D eigenvalue weighted by atomic mass is 10.3. The van der Waals surface area contributed by atoms with Crippen molar-refractivity contribution in [2.24, 2.45) is 0 Å². The van der Waals surface area contributed by atoms with Crippen molar-refractivity contribution in [3.63, 3.8) is 0 Å². The third-order valence-electron chi connectivity index (χ3n) is 2.38. The summed E-state index contributed by atoms with van der Waals surface area (Å²) in [5.41, 5.74) is 6.47. The van der Waals surface area contributed by atoms with E-state index in [2.05, 4.69) is 37.4 Å². The number of furan rings is 1. The molecule has 2 rings (SSSR count). The molecule has 0 saturated carbocycles. The Bertz CT molecular complexity index is 618. The molecule has 5 nitrogen and oxygen atoms in total. The van der Waals surface area contributed by atoms with E-state index in [4.69, 9.17) is 28.9 Å². The number of benzene rings is 1. The fourth-order valence-electron chi connectivity index (χ4n) is 1.47. The summed E-state index contributed by atoms with van der Waals surface area (Å²) in [7, 11) is 0. The van der Waals surface area contributed by atoms with E-state index in [0.717, 1.165) is 15.9 Å². The molecular weight excluding hydrogens is 372 g/mol. The summed E-state index contributed by atoms with van der Waals surface area (Å²) in [6.45, 7) is 0.506. The molecule has 0 unspecified atom stereocenters. The van der Waals surface area contributed by atoms with Crippen LogP contribution in [-0.4, -0.2) is 10.2 Å². The lowest BCUT2D eigenvalue weighted by Crippen LogP contribution is -2.47. The van der Waals surface area contributed by atoms with Gasteiger partial charge < -0.3 is 15.1 Å². The van der Waals surface area contributed by atoms with E-state index in [1.165, 1.54) is 0 Å². The quantitative estimate of drug-likeness (QED) is 0.479. The molecular formula is C13H13BrN4OS2. The lowest BCUT2D eigenvalue weighted by molar-refractivity contribution is 0.502. The van der Waals surface area contributed by atoms with Crippen molar-refractivity contribution in [2.75, 3.05) is 5.32 Å². The molecule has 0 fully saturated rings. The van der Waals surface area contributed by atoms with Crippen LogP contribution in [0.3, 0.4) is 0 Å².